The van der Waals surface area contributed by atoms with Crippen LogP contribution in [-0.2, 0) is 9.53 Å². The maximum absolute atomic E-state index is 12.1. The predicted molar refractivity (Wildman–Crippen MR) is 110 cm³/mol. The lowest BCUT2D eigenvalue weighted by molar-refractivity contribution is -0.123. The van der Waals surface area contributed by atoms with Crippen molar-refractivity contribution in [3.05, 3.63) is 42.6 Å². The summed E-state index contributed by atoms with van der Waals surface area (Å²) in [5.74, 6) is 1.36. The van der Waals surface area contributed by atoms with E-state index in [9.17, 15) is 9.59 Å². The summed E-state index contributed by atoms with van der Waals surface area (Å²) in [6.07, 6.45) is 2.19. The van der Waals surface area contributed by atoms with Crippen LogP contribution in [0.15, 0.2) is 42.6 Å². The van der Waals surface area contributed by atoms with Gasteiger partial charge in [0, 0.05) is 45.0 Å². The monoisotopic (exact) mass is 398 g/mol. The average molecular weight is 398 g/mol. The summed E-state index contributed by atoms with van der Waals surface area (Å²) in [6.45, 7) is 2.30. The molecule has 1 N–H and O–H groups in total. The van der Waals surface area contributed by atoms with Gasteiger partial charge in [0.25, 0.3) is 5.91 Å². The fourth-order valence-electron chi connectivity index (χ4n) is 3.17. The Labute approximate surface area is 170 Å². The van der Waals surface area contributed by atoms with E-state index in [1.54, 1.807) is 12.0 Å². The van der Waals surface area contributed by atoms with Crippen LogP contribution in [0.4, 0.5) is 10.6 Å². The van der Waals surface area contributed by atoms with Crippen molar-refractivity contribution >= 4 is 17.8 Å². The number of methoxy groups -OCH3 is 1. The Morgan fingerprint density at radius 2 is 1.97 bits per heavy atom. The van der Waals surface area contributed by atoms with Crippen molar-refractivity contribution in [3.8, 4) is 16.9 Å². The lowest BCUT2D eigenvalue weighted by Crippen LogP contribution is -2.37. The second-order valence-corrected chi connectivity index (χ2v) is 6.69. The average Bonchev–Trinajstić information content (AvgIpc) is 3.03. The number of hydrogen-bond donors (Lipinski definition) is 1. The van der Waals surface area contributed by atoms with Crippen molar-refractivity contribution in [1.82, 2.24) is 15.2 Å². The van der Waals surface area contributed by atoms with Crippen molar-refractivity contribution in [2.24, 2.45) is 0 Å². The van der Waals surface area contributed by atoms with Gasteiger partial charge in [-0.2, -0.15) is 0 Å². The third kappa shape index (κ3) is 5.37. The first-order valence-electron chi connectivity index (χ1n) is 9.58. The van der Waals surface area contributed by atoms with Crippen LogP contribution in [0.5, 0.6) is 5.75 Å². The van der Waals surface area contributed by atoms with Crippen LogP contribution >= 0.6 is 0 Å². The molecule has 1 aromatic heterocycles. The third-order valence-corrected chi connectivity index (χ3v) is 4.83. The van der Waals surface area contributed by atoms with E-state index in [1.807, 2.05) is 42.6 Å². The van der Waals surface area contributed by atoms with Crippen molar-refractivity contribution in [1.29, 1.82) is 0 Å². The van der Waals surface area contributed by atoms with Crippen LogP contribution in [0, 0.1) is 0 Å². The van der Waals surface area contributed by atoms with E-state index in [4.69, 9.17) is 9.47 Å². The van der Waals surface area contributed by atoms with E-state index in [0.29, 0.717) is 19.6 Å². The minimum atomic E-state index is -0.461. The Bertz CT molecular complexity index is 841. The minimum Gasteiger partial charge on any atom is -0.497 e. The second-order valence-electron chi connectivity index (χ2n) is 6.69. The number of benzene rings is 1. The van der Waals surface area contributed by atoms with Crippen molar-refractivity contribution in [2.45, 2.75) is 6.42 Å². The van der Waals surface area contributed by atoms with Gasteiger partial charge in [-0.1, -0.05) is 12.1 Å². The Kier molecular flexibility index (Phi) is 6.89. The number of aromatic nitrogens is 1. The van der Waals surface area contributed by atoms with E-state index in [2.05, 4.69) is 15.2 Å². The van der Waals surface area contributed by atoms with Crippen LogP contribution in [0.2, 0.25) is 0 Å². The number of nitrogens with zero attached hydrogens (tertiary/aromatic N) is 3. The fraction of sp³-hybridized carbons (Fsp3) is 0.381. The maximum Gasteiger partial charge on any atom is 0.410 e. The highest BCUT2D eigenvalue weighted by Gasteiger charge is 2.21. The molecule has 8 heteroatoms. The minimum absolute atomic E-state index is 0.261. The zero-order chi connectivity index (χ0) is 20.6. The van der Waals surface area contributed by atoms with Gasteiger partial charge < -0.3 is 24.6 Å². The lowest BCUT2D eigenvalue weighted by Gasteiger charge is -2.22. The molecule has 2 heterocycles. The van der Waals surface area contributed by atoms with Crippen LogP contribution in [0.25, 0.3) is 11.1 Å². The molecule has 154 valence electrons. The van der Waals surface area contributed by atoms with Gasteiger partial charge in [0.05, 0.1) is 7.11 Å². The van der Waals surface area contributed by atoms with Gasteiger partial charge in [0.1, 0.15) is 11.6 Å². The summed E-state index contributed by atoms with van der Waals surface area (Å²) in [5.41, 5.74) is 2.06. The highest BCUT2D eigenvalue weighted by Crippen LogP contribution is 2.25. The summed E-state index contributed by atoms with van der Waals surface area (Å²) >= 11 is 0. The van der Waals surface area contributed by atoms with Gasteiger partial charge in [0.15, 0.2) is 6.61 Å². The Hall–Kier alpha value is -3.29. The second kappa shape index (κ2) is 9.77. The molecule has 3 rings (SSSR count). The summed E-state index contributed by atoms with van der Waals surface area (Å²) < 4.78 is 10.3. The van der Waals surface area contributed by atoms with E-state index in [0.717, 1.165) is 35.7 Å². The van der Waals surface area contributed by atoms with Crippen LogP contribution < -0.4 is 15.0 Å². The molecule has 1 fully saturated rings. The number of carbonyl (C=O) groups is 2. The first-order valence-corrected chi connectivity index (χ1v) is 9.58. The molecule has 29 heavy (non-hydrogen) atoms. The summed E-state index contributed by atoms with van der Waals surface area (Å²) in [4.78, 5) is 31.8. The predicted octanol–water partition coefficient (Wildman–Crippen LogP) is 2.15. The molecule has 8 nitrogen and oxygen atoms in total. The standard InChI is InChI=1S/C21H26N4O4/c1-22-20(26)15-29-21(27)25-10-4-9-24(11-12-25)19-8-7-17(14-23-19)16-5-3-6-18(13-16)28-2/h3,5-8,13-14H,4,9-12,15H2,1-2H3,(H,22,26). The molecule has 0 bridgehead atoms. The molecule has 0 saturated carbocycles. The normalized spacial score (nSPS) is 14.1. The van der Waals surface area contributed by atoms with Crippen molar-refractivity contribution < 1.29 is 19.1 Å². The Morgan fingerprint density at radius 3 is 2.69 bits per heavy atom. The van der Waals surface area contributed by atoms with E-state index < -0.39 is 6.09 Å². The summed E-state index contributed by atoms with van der Waals surface area (Å²) in [6, 6.07) is 11.9. The zero-order valence-electron chi connectivity index (χ0n) is 16.8. The molecule has 2 amide bonds. The van der Waals surface area contributed by atoms with Crippen LogP contribution in [0.3, 0.4) is 0 Å². The number of anilines is 1. The number of pyridine rings is 1. The highest BCUT2D eigenvalue weighted by atomic mass is 16.6. The number of rotatable bonds is 5. The first kappa shape index (κ1) is 20.4. The van der Waals surface area contributed by atoms with E-state index in [-0.39, 0.29) is 12.5 Å². The number of ether oxygens (including phenoxy) is 2. The molecule has 0 unspecified atom stereocenters. The fourth-order valence-corrected chi connectivity index (χ4v) is 3.17. The molecule has 0 spiro atoms. The number of carbonyl (C=O) groups excluding carboxylic acids is 2. The van der Waals surface area contributed by atoms with Crippen molar-refractivity contribution in [3.63, 3.8) is 0 Å². The maximum atomic E-state index is 12.1. The first-order chi connectivity index (χ1) is 14.1. The smallest absolute Gasteiger partial charge is 0.410 e. The molecule has 0 radical (unpaired) electrons. The van der Waals surface area contributed by atoms with Gasteiger partial charge >= 0.3 is 6.09 Å². The number of likely N-dealkylation sites (N-methyl/N-ethyl adjacent to an activating group) is 1. The summed E-state index contributed by atoms with van der Waals surface area (Å²) in [5, 5.41) is 2.43. The molecule has 1 aromatic carbocycles. The number of amides is 2. The third-order valence-electron chi connectivity index (χ3n) is 4.83. The molecule has 0 atom stereocenters. The highest BCUT2D eigenvalue weighted by molar-refractivity contribution is 5.79. The van der Waals surface area contributed by atoms with Gasteiger partial charge in [0.2, 0.25) is 0 Å². The van der Waals surface area contributed by atoms with Gasteiger partial charge in [-0.25, -0.2) is 9.78 Å². The molecule has 1 aliphatic heterocycles. The topological polar surface area (TPSA) is 84.0 Å². The van der Waals surface area contributed by atoms with Crippen molar-refractivity contribution in [2.75, 3.05) is 51.8 Å². The molecule has 2 aromatic rings. The molecule has 1 saturated heterocycles. The van der Waals surface area contributed by atoms with Gasteiger partial charge in [-0.05, 0) is 36.2 Å². The zero-order valence-corrected chi connectivity index (χ0v) is 16.8. The SMILES string of the molecule is CNC(=O)COC(=O)N1CCCN(c2ccc(-c3cccc(OC)c3)cn2)CC1. The largest absolute Gasteiger partial charge is 0.497 e. The van der Waals surface area contributed by atoms with Gasteiger partial charge in [-0.15, -0.1) is 0 Å². The summed E-state index contributed by atoms with van der Waals surface area (Å²) in [7, 11) is 3.16. The molecular formula is C21H26N4O4. The number of hydrogen-bond acceptors (Lipinski definition) is 6. The Morgan fingerprint density at radius 1 is 1.10 bits per heavy atom. The molecule has 1 aliphatic rings. The van der Waals surface area contributed by atoms with Crippen LogP contribution in [0.1, 0.15) is 6.42 Å². The Balaban J connectivity index is 1.60. The lowest BCUT2D eigenvalue weighted by atomic mass is 10.1. The van der Waals surface area contributed by atoms with Gasteiger partial charge in [-0.3, -0.25) is 4.79 Å². The molecular weight excluding hydrogens is 372 g/mol. The molecule has 0 aliphatic carbocycles. The van der Waals surface area contributed by atoms with E-state index in [1.165, 1.54) is 7.05 Å². The number of nitrogens with one attached hydrogen (secondary N) is 1. The quantitative estimate of drug-likeness (QED) is 0.831. The van der Waals surface area contributed by atoms with Crippen LogP contribution in [-0.4, -0.2) is 68.8 Å². The van der Waals surface area contributed by atoms with E-state index >= 15 is 0 Å².